The molecular formula is C17H28ClNO. The fraction of sp³-hybridized carbons (Fsp3) is 0.647. The zero-order chi connectivity index (χ0) is 15.1. The molecule has 0 aromatic heterocycles. The van der Waals surface area contributed by atoms with Crippen molar-refractivity contribution in [2.75, 3.05) is 19.7 Å². The molecule has 0 bridgehead atoms. The fourth-order valence-electron chi connectivity index (χ4n) is 2.02. The zero-order valence-corrected chi connectivity index (χ0v) is 14.2. The summed E-state index contributed by atoms with van der Waals surface area (Å²) in [5.74, 6) is 2.11. The molecule has 0 aliphatic rings. The summed E-state index contributed by atoms with van der Waals surface area (Å²) in [4.78, 5) is 0. The Morgan fingerprint density at radius 1 is 1.15 bits per heavy atom. The Kier molecular flexibility index (Phi) is 7.39. The summed E-state index contributed by atoms with van der Waals surface area (Å²) < 4.78 is 5.87. The quantitative estimate of drug-likeness (QED) is 0.697. The number of halogens is 1. The third-order valence-electron chi connectivity index (χ3n) is 3.35. The van der Waals surface area contributed by atoms with Crippen LogP contribution < -0.4 is 10.1 Å². The molecule has 114 valence electrons. The molecule has 0 aliphatic heterocycles. The van der Waals surface area contributed by atoms with Crippen LogP contribution in [-0.2, 0) is 0 Å². The van der Waals surface area contributed by atoms with Gasteiger partial charge in [0.25, 0.3) is 0 Å². The van der Waals surface area contributed by atoms with Gasteiger partial charge in [0.1, 0.15) is 12.4 Å². The van der Waals surface area contributed by atoms with Crippen LogP contribution in [0.5, 0.6) is 5.75 Å². The Morgan fingerprint density at radius 2 is 1.85 bits per heavy atom. The lowest BCUT2D eigenvalue weighted by Crippen LogP contribution is -2.23. The van der Waals surface area contributed by atoms with Crippen molar-refractivity contribution in [1.29, 1.82) is 0 Å². The SMILES string of the molecule is Cc1cc(Cl)c(C(C)C)cc1OCCNCCC(C)C. The summed E-state index contributed by atoms with van der Waals surface area (Å²) in [7, 11) is 0. The lowest BCUT2D eigenvalue weighted by Gasteiger charge is -2.15. The Hall–Kier alpha value is -0.730. The Morgan fingerprint density at radius 3 is 2.45 bits per heavy atom. The van der Waals surface area contributed by atoms with E-state index in [0.29, 0.717) is 12.5 Å². The highest BCUT2D eigenvalue weighted by Gasteiger charge is 2.09. The minimum atomic E-state index is 0.412. The average Bonchev–Trinajstić information content (AvgIpc) is 2.34. The maximum absolute atomic E-state index is 6.26. The van der Waals surface area contributed by atoms with Gasteiger partial charge in [-0.3, -0.25) is 0 Å². The molecule has 1 aromatic carbocycles. The van der Waals surface area contributed by atoms with E-state index < -0.39 is 0 Å². The number of nitrogens with one attached hydrogen (secondary N) is 1. The monoisotopic (exact) mass is 297 g/mol. The van der Waals surface area contributed by atoms with Crippen molar-refractivity contribution in [1.82, 2.24) is 5.32 Å². The maximum Gasteiger partial charge on any atom is 0.122 e. The molecule has 0 saturated heterocycles. The fourth-order valence-corrected chi connectivity index (χ4v) is 2.45. The molecule has 0 radical (unpaired) electrons. The second kappa shape index (κ2) is 8.53. The predicted molar refractivity (Wildman–Crippen MR) is 88.1 cm³/mol. The normalized spacial score (nSPS) is 11.4. The lowest BCUT2D eigenvalue weighted by atomic mass is 10.0. The average molecular weight is 298 g/mol. The number of benzene rings is 1. The van der Waals surface area contributed by atoms with Crippen molar-refractivity contribution in [3.63, 3.8) is 0 Å². The highest BCUT2D eigenvalue weighted by molar-refractivity contribution is 6.31. The van der Waals surface area contributed by atoms with Gasteiger partial charge in [0.2, 0.25) is 0 Å². The number of rotatable bonds is 8. The largest absolute Gasteiger partial charge is 0.492 e. The van der Waals surface area contributed by atoms with Crippen LogP contribution in [0.15, 0.2) is 12.1 Å². The van der Waals surface area contributed by atoms with Crippen molar-refractivity contribution in [3.05, 3.63) is 28.3 Å². The molecule has 0 unspecified atom stereocenters. The molecule has 0 fully saturated rings. The van der Waals surface area contributed by atoms with Crippen LogP contribution in [0.4, 0.5) is 0 Å². The summed E-state index contributed by atoms with van der Waals surface area (Å²) >= 11 is 6.26. The third-order valence-corrected chi connectivity index (χ3v) is 3.68. The van der Waals surface area contributed by atoms with Gasteiger partial charge in [0.05, 0.1) is 0 Å². The highest BCUT2D eigenvalue weighted by Crippen LogP contribution is 2.31. The molecule has 1 aromatic rings. The highest BCUT2D eigenvalue weighted by atomic mass is 35.5. The van der Waals surface area contributed by atoms with E-state index in [1.54, 1.807) is 0 Å². The number of aryl methyl sites for hydroxylation is 1. The van der Waals surface area contributed by atoms with Gasteiger partial charge in [-0.05, 0) is 55.0 Å². The van der Waals surface area contributed by atoms with Crippen molar-refractivity contribution in [2.24, 2.45) is 5.92 Å². The molecule has 1 N–H and O–H groups in total. The first-order chi connectivity index (χ1) is 9.41. The van der Waals surface area contributed by atoms with Crippen molar-refractivity contribution < 1.29 is 4.74 Å². The smallest absolute Gasteiger partial charge is 0.122 e. The maximum atomic E-state index is 6.26. The van der Waals surface area contributed by atoms with E-state index in [0.717, 1.165) is 40.9 Å². The van der Waals surface area contributed by atoms with Gasteiger partial charge in [0, 0.05) is 11.6 Å². The molecular weight excluding hydrogens is 270 g/mol. The molecule has 0 aliphatic carbocycles. The van der Waals surface area contributed by atoms with Crippen LogP contribution in [0.25, 0.3) is 0 Å². The standard InChI is InChI=1S/C17H28ClNO/c1-12(2)6-7-19-8-9-20-17-11-15(13(3)4)16(18)10-14(17)5/h10-13,19H,6-9H2,1-5H3. The molecule has 2 nitrogen and oxygen atoms in total. The van der Waals surface area contributed by atoms with Gasteiger partial charge < -0.3 is 10.1 Å². The van der Waals surface area contributed by atoms with Crippen molar-refractivity contribution in [2.45, 2.75) is 47.0 Å². The van der Waals surface area contributed by atoms with Gasteiger partial charge in [-0.2, -0.15) is 0 Å². The zero-order valence-electron chi connectivity index (χ0n) is 13.4. The first-order valence-corrected chi connectivity index (χ1v) is 7.93. The van der Waals surface area contributed by atoms with E-state index in [1.807, 2.05) is 13.0 Å². The molecule has 0 atom stereocenters. The molecule has 0 heterocycles. The molecule has 20 heavy (non-hydrogen) atoms. The Balaban J connectivity index is 2.45. The van der Waals surface area contributed by atoms with Crippen LogP contribution >= 0.6 is 11.6 Å². The Bertz CT molecular complexity index is 416. The van der Waals surface area contributed by atoms with Crippen LogP contribution in [0.1, 0.15) is 51.2 Å². The van der Waals surface area contributed by atoms with E-state index >= 15 is 0 Å². The number of ether oxygens (including phenoxy) is 1. The second-order valence-electron chi connectivity index (χ2n) is 6.07. The van der Waals surface area contributed by atoms with Crippen LogP contribution in [0, 0.1) is 12.8 Å². The van der Waals surface area contributed by atoms with Gasteiger partial charge in [-0.1, -0.05) is 39.3 Å². The van der Waals surface area contributed by atoms with E-state index in [-0.39, 0.29) is 0 Å². The van der Waals surface area contributed by atoms with Crippen LogP contribution in [0.3, 0.4) is 0 Å². The number of hydrogen-bond acceptors (Lipinski definition) is 2. The van der Waals surface area contributed by atoms with E-state index in [4.69, 9.17) is 16.3 Å². The van der Waals surface area contributed by atoms with Gasteiger partial charge in [-0.15, -0.1) is 0 Å². The van der Waals surface area contributed by atoms with Gasteiger partial charge in [0.15, 0.2) is 0 Å². The van der Waals surface area contributed by atoms with E-state index in [9.17, 15) is 0 Å². The summed E-state index contributed by atoms with van der Waals surface area (Å²) in [5.41, 5.74) is 2.25. The minimum absolute atomic E-state index is 0.412. The topological polar surface area (TPSA) is 21.3 Å². The predicted octanol–water partition coefficient (Wildman–Crippen LogP) is 4.79. The molecule has 0 spiro atoms. The summed E-state index contributed by atoms with van der Waals surface area (Å²) in [6, 6.07) is 4.08. The van der Waals surface area contributed by atoms with Gasteiger partial charge >= 0.3 is 0 Å². The summed E-state index contributed by atoms with van der Waals surface area (Å²) in [5, 5.41) is 4.24. The van der Waals surface area contributed by atoms with E-state index in [2.05, 4.69) is 39.1 Å². The molecule has 1 rings (SSSR count). The summed E-state index contributed by atoms with van der Waals surface area (Å²) in [6.07, 6.45) is 1.21. The first kappa shape index (κ1) is 17.3. The van der Waals surface area contributed by atoms with E-state index in [1.165, 1.54) is 6.42 Å². The molecule has 0 amide bonds. The Labute approximate surface area is 128 Å². The second-order valence-corrected chi connectivity index (χ2v) is 6.48. The number of hydrogen-bond donors (Lipinski definition) is 1. The van der Waals surface area contributed by atoms with Crippen LogP contribution in [-0.4, -0.2) is 19.7 Å². The molecule has 3 heteroatoms. The van der Waals surface area contributed by atoms with Crippen molar-refractivity contribution >= 4 is 11.6 Å². The van der Waals surface area contributed by atoms with Crippen molar-refractivity contribution in [3.8, 4) is 5.75 Å². The van der Waals surface area contributed by atoms with Gasteiger partial charge in [-0.25, -0.2) is 0 Å². The van der Waals surface area contributed by atoms with Crippen LogP contribution in [0.2, 0.25) is 5.02 Å². The third kappa shape index (κ3) is 5.72. The lowest BCUT2D eigenvalue weighted by molar-refractivity contribution is 0.310. The first-order valence-electron chi connectivity index (χ1n) is 7.55. The minimum Gasteiger partial charge on any atom is -0.492 e. The summed E-state index contributed by atoms with van der Waals surface area (Å²) in [6.45, 7) is 13.4. The molecule has 0 saturated carbocycles.